The van der Waals surface area contributed by atoms with Crippen molar-refractivity contribution >= 4 is 51.2 Å². The maximum absolute atomic E-state index is 12.9. The predicted octanol–water partition coefficient (Wildman–Crippen LogP) is 5.95. The number of halogens is 1. The molecular weight excluding hydrogens is 596 g/mol. The summed E-state index contributed by atoms with van der Waals surface area (Å²) >= 11 is 3.44. The molecule has 208 valence electrons. The maximum atomic E-state index is 12.9. The molecule has 0 atom stereocenters. The summed E-state index contributed by atoms with van der Waals surface area (Å²) < 4.78 is 2.64. The summed E-state index contributed by atoms with van der Waals surface area (Å²) in [5, 5.41) is 14.0. The van der Waals surface area contributed by atoms with Crippen molar-refractivity contribution in [1.82, 2.24) is 15.2 Å². The summed E-state index contributed by atoms with van der Waals surface area (Å²) in [7, 11) is 0. The minimum atomic E-state index is -0.999. The molecule has 4 aromatic carbocycles. The van der Waals surface area contributed by atoms with Gasteiger partial charge in [0.2, 0.25) is 0 Å². The quantitative estimate of drug-likeness (QED) is 0.118. The lowest BCUT2D eigenvalue weighted by Gasteiger charge is -2.11. The Bertz CT molecular complexity index is 1760. The van der Waals surface area contributed by atoms with Crippen LogP contribution >= 0.6 is 15.9 Å². The molecule has 0 radical (unpaired) electrons. The predicted molar refractivity (Wildman–Crippen MR) is 167 cm³/mol. The van der Waals surface area contributed by atoms with E-state index in [-0.39, 0.29) is 11.3 Å². The number of aromatic nitrogens is 2. The third kappa shape index (κ3) is 6.86. The fraction of sp³-hybridized carbons (Fsp3) is 0.0312. The van der Waals surface area contributed by atoms with Crippen molar-refractivity contribution in [1.29, 1.82) is 0 Å². The van der Waals surface area contributed by atoms with Gasteiger partial charge in [-0.25, -0.2) is 10.1 Å². The van der Waals surface area contributed by atoms with E-state index in [2.05, 4.69) is 37.1 Å². The highest BCUT2D eigenvalue weighted by Gasteiger charge is 2.18. The second-order valence-electron chi connectivity index (χ2n) is 9.24. The Kier molecular flexibility index (Phi) is 8.64. The van der Waals surface area contributed by atoms with Gasteiger partial charge in [0.05, 0.1) is 23.2 Å². The molecule has 42 heavy (non-hydrogen) atoms. The Hall–Kier alpha value is -5.35. The van der Waals surface area contributed by atoms with E-state index in [0.29, 0.717) is 16.9 Å². The van der Waals surface area contributed by atoms with E-state index in [0.717, 1.165) is 21.3 Å². The van der Waals surface area contributed by atoms with Crippen molar-refractivity contribution in [2.45, 2.75) is 6.92 Å². The first-order valence-corrected chi connectivity index (χ1v) is 13.7. The first kappa shape index (κ1) is 28.2. The van der Waals surface area contributed by atoms with Gasteiger partial charge in [0.1, 0.15) is 5.69 Å². The first-order chi connectivity index (χ1) is 20.4. The van der Waals surface area contributed by atoms with Crippen LogP contribution in [0.1, 0.15) is 21.5 Å². The number of rotatable bonds is 7. The lowest BCUT2D eigenvalue weighted by atomic mass is 10.1. The Labute approximate surface area is 250 Å². The van der Waals surface area contributed by atoms with Gasteiger partial charge in [-0.15, -0.1) is 0 Å². The number of nitrogens with zero attached hydrogens (tertiary/aromatic N) is 3. The molecule has 0 spiro atoms. The van der Waals surface area contributed by atoms with Crippen molar-refractivity contribution in [3.63, 3.8) is 0 Å². The van der Waals surface area contributed by atoms with Gasteiger partial charge in [-0.05, 0) is 55.5 Å². The van der Waals surface area contributed by atoms with E-state index in [1.807, 2.05) is 73.7 Å². The topological polar surface area (TPSA) is 117 Å². The van der Waals surface area contributed by atoms with Crippen molar-refractivity contribution in [2.24, 2.45) is 5.10 Å². The van der Waals surface area contributed by atoms with Crippen LogP contribution in [0.25, 0.3) is 16.9 Å². The standard InChI is InChI=1S/C32H25BrN6O3/c1-21-11-17-25(18-12-21)35-30(40)27-9-5-6-10-28(27)36-31(41)32(42)37-34-19-23-20-39(26-7-3-2-4-8-26)38-29(23)22-13-15-24(33)16-14-22/h2-20H,1H3,(H,35,40)(H,36,41)(H,37,42). The van der Waals surface area contributed by atoms with Gasteiger partial charge in [0.25, 0.3) is 5.91 Å². The monoisotopic (exact) mass is 620 g/mol. The van der Waals surface area contributed by atoms with E-state index >= 15 is 0 Å². The molecule has 10 heteroatoms. The number of hydrazone groups is 1. The highest BCUT2D eigenvalue weighted by atomic mass is 79.9. The molecule has 5 rings (SSSR count). The van der Waals surface area contributed by atoms with Crippen molar-refractivity contribution < 1.29 is 14.4 Å². The van der Waals surface area contributed by atoms with Gasteiger partial charge in [-0.2, -0.15) is 10.2 Å². The number of hydrogen-bond acceptors (Lipinski definition) is 5. The van der Waals surface area contributed by atoms with Crippen molar-refractivity contribution in [3.8, 4) is 16.9 Å². The molecule has 0 aliphatic heterocycles. The summed E-state index contributed by atoms with van der Waals surface area (Å²) in [5.74, 6) is -2.40. The van der Waals surface area contributed by atoms with Crippen LogP contribution in [-0.2, 0) is 9.59 Å². The third-order valence-electron chi connectivity index (χ3n) is 6.19. The molecule has 0 aliphatic carbocycles. The lowest BCUT2D eigenvalue weighted by molar-refractivity contribution is -0.136. The molecule has 0 fully saturated rings. The summed E-state index contributed by atoms with van der Waals surface area (Å²) in [6.07, 6.45) is 3.21. The lowest BCUT2D eigenvalue weighted by Crippen LogP contribution is -2.33. The largest absolute Gasteiger partial charge is 0.329 e. The van der Waals surface area contributed by atoms with Crippen molar-refractivity contribution in [2.75, 3.05) is 10.6 Å². The van der Waals surface area contributed by atoms with Gasteiger partial charge < -0.3 is 10.6 Å². The molecule has 3 amide bonds. The van der Waals surface area contributed by atoms with E-state index in [9.17, 15) is 14.4 Å². The van der Waals surface area contributed by atoms with Crippen LogP contribution in [-0.4, -0.2) is 33.7 Å². The highest BCUT2D eigenvalue weighted by Crippen LogP contribution is 2.24. The minimum absolute atomic E-state index is 0.188. The molecular formula is C32H25BrN6O3. The Morgan fingerprint density at radius 3 is 2.24 bits per heavy atom. The number of amides is 3. The second-order valence-corrected chi connectivity index (χ2v) is 10.2. The Morgan fingerprint density at radius 2 is 1.50 bits per heavy atom. The molecule has 0 aliphatic rings. The van der Waals surface area contributed by atoms with Crippen LogP contribution in [0.5, 0.6) is 0 Å². The van der Waals surface area contributed by atoms with Crippen LogP contribution in [0, 0.1) is 6.92 Å². The number of para-hydroxylation sites is 2. The molecule has 0 saturated carbocycles. The van der Waals surface area contributed by atoms with Crippen LogP contribution in [0.4, 0.5) is 11.4 Å². The van der Waals surface area contributed by atoms with Crippen LogP contribution < -0.4 is 16.1 Å². The Balaban J connectivity index is 1.29. The Morgan fingerprint density at radius 1 is 0.810 bits per heavy atom. The summed E-state index contributed by atoms with van der Waals surface area (Å²) in [6.45, 7) is 1.95. The molecule has 0 unspecified atom stereocenters. The van der Waals surface area contributed by atoms with E-state index in [1.54, 1.807) is 47.3 Å². The van der Waals surface area contributed by atoms with Gasteiger partial charge in [0, 0.05) is 27.5 Å². The molecule has 5 aromatic rings. The minimum Gasteiger partial charge on any atom is -0.322 e. The average molecular weight is 621 g/mol. The first-order valence-electron chi connectivity index (χ1n) is 12.9. The molecule has 0 bridgehead atoms. The zero-order valence-electron chi connectivity index (χ0n) is 22.4. The number of nitrogens with one attached hydrogen (secondary N) is 3. The van der Waals surface area contributed by atoms with Gasteiger partial charge in [-0.1, -0.05) is 76.1 Å². The maximum Gasteiger partial charge on any atom is 0.329 e. The third-order valence-corrected chi connectivity index (χ3v) is 6.71. The van der Waals surface area contributed by atoms with Crippen molar-refractivity contribution in [3.05, 3.63) is 130 Å². The summed E-state index contributed by atoms with van der Waals surface area (Å²) in [5.41, 5.74) is 7.28. The van der Waals surface area contributed by atoms with Crippen LogP contribution in [0.2, 0.25) is 0 Å². The van der Waals surface area contributed by atoms with E-state index in [1.165, 1.54) is 6.21 Å². The van der Waals surface area contributed by atoms with Crippen LogP contribution in [0.3, 0.4) is 0 Å². The summed E-state index contributed by atoms with van der Waals surface area (Å²) in [4.78, 5) is 38.2. The van der Waals surface area contributed by atoms with Crippen LogP contribution in [0.15, 0.2) is 119 Å². The molecule has 9 nitrogen and oxygen atoms in total. The fourth-order valence-corrected chi connectivity index (χ4v) is 4.31. The van der Waals surface area contributed by atoms with Gasteiger partial charge in [-0.3, -0.25) is 14.4 Å². The van der Waals surface area contributed by atoms with Gasteiger partial charge in [0.15, 0.2) is 0 Å². The number of carbonyl (C=O) groups is 3. The highest BCUT2D eigenvalue weighted by molar-refractivity contribution is 9.10. The number of benzene rings is 4. The average Bonchev–Trinajstić information content (AvgIpc) is 3.43. The number of anilines is 2. The molecule has 0 saturated heterocycles. The fourth-order valence-electron chi connectivity index (χ4n) is 4.04. The second kappa shape index (κ2) is 12.9. The normalized spacial score (nSPS) is 10.8. The zero-order chi connectivity index (χ0) is 29.5. The number of hydrogen-bond donors (Lipinski definition) is 3. The molecule has 3 N–H and O–H groups in total. The molecule has 1 heterocycles. The zero-order valence-corrected chi connectivity index (χ0v) is 24.0. The summed E-state index contributed by atoms with van der Waals surface area (Å²) in [6, 6.07) is 31.0. The number of aryl methyl sites for hydroxylation is 1. The smallest absolute Gasteiger partial charge is 0.322 e. The van der Waals surface area contributed by atoms with E-state index < -0.39 is 17.7 Å². The number of carbonyl (C=O) groups excluding carboxylic acids is 3. The van der Waals surface area contributed by atoms with E-state index in [4.69, 9.17) is 5.10 Å². The van der Waals surface area contributed by atoms with Gasteiger partial charge >= 0.3 is 11.8 Å². The SMILES string of the molecule is Cc1ccc(NC(=O)c2ccccc2NC(=O)C(=O)NN=Cc2cn(-c3ccccc3)nc2-c2ccc(Br)cc2)cc1. The molecule has 1 aromatic heterocycles.